The maximum atomic E-state index is 13.1. The summed E-state index contributed by atoms with van der Waals surface area (Å²) in [5.74, 6) is 6.12. The number of allylic oxidation sites excluding steroid dienone is 3. The summed E-state index contributed by atoms with van der Waals surface area (Å²) in [6.45, 7) is 16.8. The molecule has 236 valence electrons. The van der Waals surface area contributed by atoms with Crippen molar-refractivity contribution in [1.29, 1.82) is 0 Å². The number of carbonyl (C=O) groups is 1. The number of carbonyl (C=O) groups excluding carboxylic acids is 1. The van der Waals surface area contributed by atoms with E-state index in [0.29, 0.717) is 36.7 Å². The third-order valence-electron chi connectivity index (χ3n) is 5.21. The maximum Gasteiger partial charge on any atom is 0.386 e. The van der Waals surface area contributed by atoms with Crippen LogP contribution in [0.15, 0.2) is 57.3 Å². The van der Waals surface area contributed by atoms with Crippen molar-refractivity contribution in [1.82, 2.24) is 15.0 Å². The Morgan fingerprint density at radius 1 is 1.12 bits per heavy atom. The van der Waals surface area contributed by atoms with Crippen molar-refractivity contribution in [2.24, 2.45) is 5.92 Å². The molecule has 1 unspecified atom stereocenters. The zero-order valence-electron chi connectivity index (χ0n) is 26.4. The van der Waals surface area contributed by atoms with E-state index in [2.05, 4.69) is 22.0 Å². The van der Waals surface area contributed by atoms with Crippen LogP contribution in [-0.2, 0) is 13.0 Å². The van der Waals surface area contributed by atoms with Gasteiger partial charge in [0.15, 0.2) is 5.82 Å². The summed E-state index contributed by atoms with van der Waals surface area (Å²) >= 11 is 6.17. The molecular weight excluding hydrogens is 567 g/mol. The SMILES string of the molecule is CC.CC.CC(F)(F)F.CCC#CCN(Cc1ccccc1)C(=O)c1nc(C/C=C(\C(O)=C(\Cl)CC)C(C)CC)no1. The highest BCUT2D eigenvalue weighted by Gasteiger charge is 2.22. The van der Waals surface area contributed by atoms with E-state index in [9.17, 15) is 23.1 Å². The van der Waals surface area contributed by atoms with Gasteiger partial charge < -0.3 is 14.5 Å². The number of hydrogen-bond donors (Lipinski definition) is 1. The fraction of sp³-hybridized carbons (Fsp3) is 0.531. The average Bonchev–Trinajstić information content (AvgIpc) is 3.46. The van der Waals surface area contributed by atoms with Gasteiger partial charge in [-0.05, 0) is 29.9 Å². The van der Waals surface area contributed by atoms with Crippen LogP contribution in [0.1, 0.15) is 104 Å². The number of halogens is 4. The van der Waals surface area contributed by atoms with E-state index in [1.54, 1.807) is 4.90 Å². The number of rotatable bonds is 10. The fourth-order valence-corrected chi connectivity index (χ4v) is 3.22. The zero-order valence-corrected chi connectivity index (χ0v) is 27.2. The number of aromatic nitrogens is 2. The zero-order chi connectivity index (χ0) is 32.7. The second-order valence-electron chi connectivity index (χ2n) is 8.43. The van der Waals surface area contributed by atoms with E-state index in [4.69, 9.17) is 16.1 Å². The van der Waals surface area contributed by atoms with Crippen LogP contribution in [0, 0.1) is 17.8 Å². The van der Waals surface area contributed by atoms with Crippen LogP contribution >= 0.6 is 11.6 Å². The highest BCUT2D eigenvalue weighted by Crippen LogP contribution is 2.26. The number of hydrogen-bond acceptors (Lipinski definition) is 5. The Bertz CT molecular complexity index is 1130. The molecule has 0 aliphatic rings. The number of alkyl halides is 3. The lowest BCUT2D eigenvalue weighted by molar-refractivity contribution is -0.110. The molecule has 6 nitrogen and oxygen atoms in total. The topological polar surface area (TPSA) is 79.5 Å². The summed E-state index contributed by atoms with van der Waals surface area (Å²) in [5, 5.41) is 14.9. The predicted octanol–water partition coefficient (Wildman–Crippen LogP) is 9.68. The molecule has 1 aromatic heterocycles. The quantitative estimate of drug-likeness (QED) is 0.164. The lowest BCUT2D eigenvalue weighted by atomic mass is 9.95. The normalized spacial score (nSPS) is 12.0. The van der Waals surface area contributed by atoms with Crippen LogP contribution in [0.2, 0.25) is 0 Å². The molecule has 2 rings (SSSR count). The van der Waals surface area contributed by atoms with Crippen molar-refractivity contribution < 1.29 is 27.6 Å². The molecule has 1 N–H and O–H groups in total. The summed E-state index contributed by atoms with van der Waals surface area (Å²) in [6.07, 6.45) is 0.247. The minimum Gasteiger partial charge on any atom is -0.506 e. The van der Waals surface area contributed by atoms with Crippen molar-refractivity contribution in [3.05, 3.63) is 70.1 Å². The number of aliphatic hydroxyl groups excluding tert-OH is 1. The molecule has 0 fully saturated rings. The Balaban J connectivity index is 0. The molecule has 0 saturated carbocycles. The first kappa shape index (κ1) is 40.9. The monoisotopic (exact) mass is 613 g/mol. The molecule has 0 radical (unpaired) electrons. The van der Waals surface area contributed by atoms with Crippen LogP contribution in [0.5, 0.6) is 0 Å². The molecule has 0 saturated heterocycles. The first-order valence-electron chi connectivity index (χ1n) is 14.4. The van der Waals surface area contributed by atoms with E-state index in [0.717, 1.165) is 17.6 Å². The smallest absolute Gasteiger partial charge is 0.386 e. The molecule has 0 aliphatic heterocycles. The highest BCUT2D eigenvalue weighted by atomic mass is 35.5. The molecule has 0 bridgehead atoms. The van der Waals surface area contributed by atoms with Gasteiger partial charge in [0.2, 0.25) is 0 Å². The minimum absolute atomic E-state index is 0.0796. The average molecular weight is 614 g/mol. The highest BCUT2D eigenvalue weighted by molar-refractivity contribution is 6.30. The number of nitrogens with zero attached hydrogens (tertiary/aromatic N) is 3. The van der Waals surface area contributed by atoms with Crippen LogP contribution in [0.25, 0.3) is 0 Å². The second-order valence-corrected chi connectivity index (χ2v) is 8.89. The van der Waals surface area contributed by atoms with Crippen LogP contribution in [-0.4, -0.2) is 38.8 Å². The van der Waals surface area contributed by atoms with Crippen molar-refractivity contribution in [3.63, 3.8) is 0 Å². The van der Waals surface area contributed by atoms with Gasteiger partial charge in [-0.3, -0.25) is 4.79 Å². The molecule has 1 amide bonds. The standard InChI is InChI=1S/C26H32ClN3O3.C2H3F3.2C2H6/c1-5-8-12-17-30(18-20-13-10-9-11-14-20)26(32)25-28-23(29-33-25)16-15-21(19(4)6-2)24(31)22(27)7-3;1-2(3,4)5;2*1-2/h9-11,13-15,19,31H,5-7,16-18H2,1-4H3;1H3;2*1-2H3/b21-15-,24-22-;;;. The summed E-state index contributed by atoms with van der Waals surface area (Å²) < 4.78 is 36.3. The Kier molecular flexibility index (Phi) is 22.7. The molecule has 1 atom stereocenters. The van der Waals surface area contributed by atoms with Crippen LogP contribution < -0.4 is 0 Å². The Morgan fingerprint density at radius 2 is 1.69 bits per heavy atom. The van der Waals surface area contributed by atoms with Gasteiger partial charge >= 0.3 is 18.0 Å². The van der Waals surface area contributed by atoms with Gasteiger partial charge in [-0.15, -0.1) is 5.92 Å². The van der Waals surface area contributed by atoms with Gasteiger partial charge in [0.1, 0.15) is 5.76 Å². The lowest BCUT2D eigenvalue weighted by Gasteiger charge is -2.18. The summed E-state index contributed by atoms with van der Waals surface area (Å²) in [7, 11) is 0. The molecule has 0 spiro atoms. The Hall–Kier alpha value is -3.25. The molecule has 1 aromatic carbocycles. The number of amides is 1. The molecule has 0 aliphatic carbocycles. The minimum atomic E-state index is -4.00. The summed E-state index contributed by atoms with van der Waals surface area (Å²) in [5.41, 5.74) is 1.72. The van der Waals surface area contributed by atoms with E-state index in [1.165, 1.54) is 0 Å². The van der Waals surface area contributed by atoms with E-state index < -0.39 is 6.18 Å². The van der Waals surface area contributed by atoms with Crippen LogP contribution in [0.4, 0.5) is 13.2 Å². The second kappa shape index (κ2) is 23.3. The van der Waals surface area contributed by atoms with Crippen molar-refractivity contribution >= 4 is 17.5 Å². The largest absolute Gasteiger partial charge is 0.506 e. The third-order valence-corrected chi connectivity index (χ3v) is 5.66. The Labute approximate surface area is 255 Å². The van der Waals surface area contributed by atoms with Gasteiger partial charge in [-0.1, -0.05) is 114 Å². The van der Waals surface area contributed by atoms with Gasteiger partial charge in [-0.2, -0.15) is 18.2 Å². The van der Waals surface area contributed by atoms with Crippen molar-refractivity contribution in [2.45, 2.75) is 101 Å². The third kappa shape index (κ3) is 17.5. The molecule has 42 heavy (non-hydrogen) atoms. The van der Waals surface area contributed by atoms with Gasteiger partial charge in [0.05, 0.1) is 11.6 Å². The van der Waals surface area contributed by atoms with Gasteiger partial charge in [0, 0.05) is 26.3 Å². The van der Waals surface area contributed by atoms with Crippen molar-refractivity contribution in [2.75, 3.05) is 6.54 Å². The van der Waals surface area contributed by atoms with Gasteiger partial charge in [0.25, 0.3) is 0 Å². The Morgan fingerprint density at radius 3 is 2.19 bits per heavy atom. The summed E-state index contributed by atoms with van der Waals surface area (Å²) in [6, 6.07) is 9.69. The number of benzene rings is 1. The molecule has 1 heterocycles. The van der Waals surface area contributed by atoms with Gasteiger partial charge in [-0.25, -0.2) is 0 Å². The fourth-order valence-electron chi connectivity index (χ4n) is 3.12. The molecule has 10 heteroatoms. The van der Waals surface area contributed by atoms with E-state index in [-0.39, 0.29) is 36.9 Å². The van der Waals surface area contributed by atoms with E-state index >= 15 is 0 Å². The first-order chi connectivity index (χ1) is 19.9. The van der Waals surface area contributed by atoms with Crippen LogP contribution in [0.3, 0.4) is 0 Å². The maximum absolute atomic E-state index is 13.1. The van der Waals surface area contributed by atoms with Crippen molar-refractivity contribution in [3.8, 4) is 11.8 Å². The predicted molar refractivity (Wildman–Crippen MR) is 165 cm³/mol. The van der Waals surface area contributed by atoms with E-state index in [1.807, 2.05) is 91.8 Å². The number of aliphatic hydroxyl groups is 1. The molecule has 2 aromatic rings. The molecular formula is C32H47ClF3N3O3. The lowest BCUT2D eigenvalue weighted by Crippen LogP contribution is -2.31. The first-order valence-corrected chi connectivity index (χ1v) is 14.7. The summed E-state index contributed by atoms with van der Waals surface area (Å²) in [4.78, 5) is 18.9.